The predicted molar refractivity (Wildman–Crippen MR) is 171 cm³/mol. The van der Waals surface area contributed by atoms with Crippen molar-refractivity contribution < 1.29 is 4.57 Å². The standard InChI is InChI=1S/C31H39Cl4N4/c1-5-9-11-16-38-28-20-24(34)22(32)18-26(28)36(7-3)30(38)14-13-15-31-37(8-4)27-19-23(33)25(35)21-29(27)39(31)17-12-10-6-2/h13-15,18-21H,5-12,16-17H2,1-4H3/q+1. The maximum atomic E-state index is 6.47. The fraction of sp³-hybridized carbons (Fsp3) is 0.452. The van der Waals surface area contributed by atoms with E-state index in [1.807, 2.05) is 24.3 Å². The number of rotatable bonds is 12. The minimum absolute atomic E-state index is 0.581. The SMILES string of the molecule is CCCCCN1/C(=C/C=C/c2n(CC)c3cc(Cl)c(Cl)cc3[n+]2CCCCC)N(CC)c2cc(Cl)c(Cl)cc21. The molecule has 0 aliphatic carbocycles. The Morgan fingerprint density at radius 2 is 1.33 bits per heavy atom. The van der Waals surface area contributed by atoms with Gasteiger partial charge in [-0.25, -0.2) is 9.13 Å². The molecule has 0 N–H and O–H groups in total. The summed E-state index contributed by atoms with van der Waals surface area (Å²) in [5.41, 5.74) is 4.43. The number of aromatic nitrogens is 2. The van der Waals surface area contributed by atoms with Crippen LogP contribution in [0.3, 0.4) is 0 Å². The van der Waals surface area contributed by atoms with Gasteiger partial charge in [-0.1, -0.05) is 85.6 Å². The van der Waals surface area contributed by atoms with Crippen LogP contribution in [0.1, 0.15) is 72.0 Å². The summed E-state index contributed by atoms with van der Waals surface area (Å²) in [6, 6.07) is 7.99. The maximum absolute atomic E-state index is 6.47. The fourth-order valence-corrected chi connectivity index (χ4v) is 6.09. The van der Waals surface area contributed by atoms with Crippen molar-refractivity contribution >= 4 is 74.9 Å². The van der Waals surface area contributed by atoms with Gasteiger partial charge in [0.15, 0.2) is 11.0 Å². The molecule has 4 rings (SSSR count). The van der Waals surface area contributed by atoms with Gasteiger partial charge in [0, 0.05) is 31.3 Å². The number of aryl methyl sites for hydroxylation is 2. The van der Waals surface area contributed by atoms with Gasteiger partial charge < -0.3 is 9.80 Å². The minimum Gasteiger partial charge on any atom is -0.326 e. The van der Waals surface area contributed by atoms with E-state index in [1.165, 1.54) is 25.7 Å². The van der Waals surface area contributed by atoms with E-state index in [1.54, 1.807) is 0 Å². The molecule has 1 aromatic heterocycles. The molecule has 1 aliphatic heterocycles. The first-order chi connectivity index (χ1) is 18.9. The summed E-state index contributed by atoms with van der Waals surface area (Å²) < 4.78 is 4.70. The fourth-order valence-electron chi connectivity index (χ4n) is 5.46. The van der Waals surface area contributed by atoms with Crippen LogP contribution in [0.4, 0.5) is 11.4 Å². The first-order valence-electron chi connectivity index (χ1n) is 14.2. The van der Waals surface area contributed by atoms with Gasteiger partial charge in [-0.3, -0.25) is 0 Å². The molecule has 0 saturated heterocycles. The second-order valence-corrected chi connectivity index (χ2v) is 11.6. The van der Waals surface area contributed by atoms with Gasteiger partial charge in [-0.15, -0.1) is 0 Å². The average molecular weight is 609 g/mol. The van der Waals surface area contributed by atoms with Crippen molar-refractivity contribution in [3.63, 3.8) is 0 Å². The van der Waals surface area contributed by atoms with Gasteiger partial charge in [0.05, 0.1) is 44.6 Å². The number of benzene rings is 2. The lowest BCUT2D eigenvalue weighted by atomic mass is 10.2. The number of unbranched alkanes of at least 4 members (excludes halogenated alkanes) is 4. The Morgan fingerprint density at radius 1 is 0.718 bits per heavy atom. The summed E-state index contributed by atoms with van der Waals surface area (Å²) in [6.07, 6.45) is 13.5. The largest absolute Gasteiger partial charge is 0.326 e. The highest BCUT2D eigenvalue weighted by molar-refractivity contribution is 6.43. The summed E-state index contributed by atoms with van der Waals surface area (Å²) in [4.78, 5) is 4.70. The monoisotopic (exact) mass is 607 g/mol. The molecule has 0 saturated carbocycles. The van der Waals surface area contributed by atoms with Crippen LogP contribution in [0.5, 0.6) is 0 Å². The molecule has 1 aliphatic rings. The van der Waals surface area contributed by atoms with Crippen molar-refractivity contribution in [2.24, 2.45) is 0 Å². The molecule has 0 unspecified atom stereocenters. The van der Waals surface area contributed by atoms with E-state index in [2.05, 4.69) is 64.9 Å². The number of imidazole rings is 1. The van der Waals surface area contributed by atoms with Crippen LogP contribution in [0.25, 0.3) is 17.1 Å². The second-order valence-electron chi connectivity index (χ2n) is 9.96. The molecule has 2 aromatic carbocycles. The lowest BCUT2D eigenvalue weighted by Crippen LogP contribution is -2.36. The third kappa shape index (κ3) is 6.25. The molecule has 0 fully saturated rings. The highest BCUT2D eigenvalue weighted by Gasteiger charge is 2.31. The van der Waals surface area contributed by atoms with Crippen LogP contribution in [-0.2, 0) is 13.1 Å². The van der Waals surface area contributed by atoms with Crippen molar-refractivity contribution in [1.82, 2.24) is 4.57 Å². The Labute approximate surface area is 253 Å². The van der Waals surface area contributed by atoms with Crippen molar-refractivity contribution in [2.75, 3.05) is 22.9 Å². The number of anilines is 2. The zero-order valence-electron chi connectivity index (χ0n) is 23.4. The Hall–Kier alpha value is -1.85. The molecule has 0 spiro atoms. The van der Waals surface area contributed by atoms with Gasteiger partial charge in [0.2, 0.25) is 0 Å². The minimum atomic E-state index is 0.581. The van der Waals surface area contributed by atoms with Crippen LogP contribution in [0.15, 0.2) is 42.2 Å². The number of hydrogen-bond acceptors (Lipinski definition) is 2. The van der Waals surface area contributed by atoms with Gasteiger partial charge in [-0.05, 0) is 51.3 Å². The topological polar surface area (TPSA) is 15.3 Å². The molecule has 210 valence electrons. The second kappa shape index (κ2) is 13.7. The summed E-state index contributed by atoms with van der Waals surface area (Å²) in [5, 5.41) is 2.33. The zero-order valence-corrected chi connectivity index (χ0v) is 26.4. The van der Waals surface area contributed by atoms with Crippen LogP contribution < -0.4 is 14.4 Å². The average Bonchev–Trinajstić information content (AvgIpc) is 3.35. The van der Waals surface area contributed by atoms with E-state index in [-0.39, 0.29) is 0 Å². The summed E-state index contributed by atoms with van der Waals surface area (Å²) in [5.74, 6) is 2.28. The van der Waals surface area contributed by atoms with Crippen LogP contribution in [-0.4, -0.2) is 17.7 Å². The molecule has 39 heavy (non-hydrogen) atoms. The molecule has 0 amide bonds. The number of nitrogens with zero attached hydrogens (tertiary/aromatic N) is 4. The van der Waals surface area contributed by atoms with E-state index in [4.69, 9.17) is 46.4 Å². The Morgan fingerprint density at radius 3 is 1.97 bits per heavy atom. The molecule has 0 bridgehead atoms. The lowest BCUT2D eigenvalue weighted by Gasteiger charge is -2.24. The molecule has 4 nitrogen and oxygen atoms in total. The zero-order chi connectivity index (χ0) is 28.1. The highest BCUT2D eigenvalue weighted by Crippen LogP contribution is 2.45. The van der Waals surface area contributed by atoms with Gasteiger partial charge in [0.25, 0.3) is 5.82 Å². The predicted octanol–water partition coefficient (Wildman–Crippen LogP) is 10.1. The van der Waals surface area contributed by atoms with E-state index in [0.29, 0.717) is 20.1 Å². The number of allylic oxidation sites excluding steroid dienone is 2. The quantitative estimate of drug-likeness (QED) is 0.150. The number of hydrogen-bond donors (Lipinski definition) is 0. The van der Waals surface area contributed by atoms with E-state index in [9.17, 15) is 0 Å². The van der Waals surface area contributed by atoms with Crippen LogP contribution >= 0.6 is 46.4 Å². The Balaban J connectivity index is 1.79. The maximum Gasteiger partial charge on any atom is 0.282 e. The molecule has 0 radical (unpaired) electrons. The van der Waals surface area contributed by atoms with E-state index < -0.39 is 0 Å². The molecule has 0 atom stereocenters. The lowest BCUT2D eigenvalue weighted by molar-refractivity contribution is -0.674. The summed E-state index contributed by atoms with van der Waals surface area (Å²) >= 11 is 25.8. The summed E-state index contributed by atoms with van der Waals surface area (Å²) in [7, 11) is 0. The van der Waals surface area contributed by atoms with Crippen molar-refractivity contribution in [3.8, 4) is 0 Å². The van der Waals surface area contributed by atoms with Crippen molar-refractivity contribution in [2.45, 2.75) is 79.3 Å². The summed E-state index contributed by atoms with van der Waals surface area (Å²) in [6.45, 7) is 12.3. The third-order valence-electron chi connectivity index (χ3n) is 7.40. The Bertz CT molecular complexity index is 1380. The third-order valence-corrected chi connectivity index (χ3v) is 8.84. The molecular formula is C31H39Cl4N4+. The molecule has 8 heteroatoms. The first-order valence-corrected chi connectivity index (χ1v) is 15.7. The molecule has 3 aromatic rings. The van der Waals surface area contributed by atoms with Crippen LogP contribution in [0, 0.1) is 0 Å². The number of halogens is 4. The Kier molecular flexibility index (Phi) is 10.6. The van der Waals surface area contributed by atoms with Gasteiger partial charge in [-0.2, -0.15) is 0 Å². The van der Waals surface area contributed by atoms with E-state index in [0.717, 1.165) is 73.1 Å². The van der Waals surface area contributed by atoms with E-state index >= 15 is 0 Å². The van der Waals surface area contributed by atoms with Gasteiger partial charge >= 0.3 is 0 Å². The normalized spacial score (nSPS) is 14.5. The molecule has 2 heterocycles. The van der Waals surface area contributed by atoms with Crippen molar-refractivity contribution in [3.05, 3.63) is 68.2 Å². The highest BCUT2D eigenvalue weighted by atomic mass is 35.5. The first kappa shape index (κ1) is 30.1. The van der Waals surface area contributed by atoms with Crippen LogP contribution in [0.2, 0.25) is 20.1 Å². The smallest absolute Gasteiger partial charge is 0.282 e. The molecular weight excluding hydrogens is 570 g/mol. The van der Waals surface area contributed by atoms with Crippen molar-refractivity contribution in [1.29, 1.82) is 0 Å². The van der Waals surface area contributed by atoms with Gasteiger partial charge in [0.1, 0.15) is 5.82 Å². The number of fused-ring (bicyclic) bond motifs is 2.